The normalized spacial score (nSPS) is 17.5. The maximum atomic E-state index is 6.10. The second-order valence-corrected chi connectivity index (χ2v) is 6.00. The summed E-state index contributed by atoms with van der Waals surface area (Å²) >= 11 is 6.10. The molecule has 0 aromatic heterocycles. The molecule has 23 heavy (non-hydrogen) atoms. The van der Waals surface area contributed by atoms with Crippen molar-refractivity contribution in [2.75, 3.05) is 33.4 Å². The first-order chi connectivity index (χ1) is 11.0. The van der Waals surface area contributed by atoms with Crippen molar-refractivity contribution in [2.45, 2.75) is 33.6 Å². The zero-order valence-electron chi connectivity index (χ0n) is 15.0. The minimum absolute atomic E-state index is 0.248. The Kier molecular flexibility index (Phi) is 8.97. The molecule has 0 N–H and O–H groups in total. The van der Waals surface area contributed by atoms with Gasteiger partial charge in [0.25, 0.3) is 0 Å². The number of alkyl halides is 1. The highest BCUT2D eigenvalue weighted by molar-refractivity contribution is 6.19. The molecule has 0 saturated heterocycles. The third-order valence-electron chi connectivity index (χ3n) is 3.80. The zero-order valence-corrected chi connectivity index (χ0v) is 15.7. The molecule has 0 atom stereocenters. The summed E-state index contributed by atoms with van der Waals surface area (Å²) in [6.07, 6.45) is 10.4. The standard InChI is InChI=1S/C19H29ClNO2/c1-6-7-16(3)19(23-14-22-5)9-8-15(2)18-13-21(4)11-10-17(18)12-20/h7-9,13H,6,10-12,14H2,1-5H3/q+1/b15-8+,16-7+,19-9+. The third-order valence-corrected chi connectivity index (χ3v) is 4.12. The second kappa shape index (κ2) is 10.5. The molecule has 128 valence electrons. The summed E-state index contributed by atoms with van der Waals surface area (Å²) in [5, 5.41) is 0. The van der Waals surface area contributed by atoms with Crippen LogP contribution in [0.15, 0.2) is 46.3 Å². The average Bonchev–Trinajstić information content (AvgIpc) is 2.54. The van der Waals surface area contributed by atoms with E-state index in [1.807, 2.05) is 6.08 Å². The summed E-state index contributed by atoms with van der Waals surface area (Å²) < 4.78 is 12.9. The van der Waals surface area contributed by atoms with Gasteiger partial charge in [-0.1, -0.05) is 19.1 Å². The van der Waals surface area contributed by atoms with E-state index < -0.39 is 0 Å². The Morgan fingerprint density at radius 1 is 1.35 bits per heavy atom. The number of ether oxygens (including phenoxy) is 2. The summed E-state index contributed by atoms with van der Waals surface area (Å²) in [6.45, 7) is 7.55. The van der Waals surface area contributed by atoms with Crippen LogP contribution < -0.4 is 0 Å². The predicted molar refractivity (Wildman–Crippen MR) is 98.3 cm³/mol. The molecule has 0 aliphatic carbocycles. The first-order valence-electron chi connectivity index (χ1n) is 8.04. The van der Waals surface area contributed by atoms with Crippen molar-refractivity contribution >= 4 is 17.8 Å². The molecule has 4 heteroatoms. The third kappa shape index (κ3) is 6.36. The Morgan fingerprint density at radius 3 is 2.70 bits per heavy atom. The maximum Gasteiger partial charge on any atom is 0.188 e. The molecule has 0 bridgehead atoms. The van der Waals surface area contributed by atoms with E-state index in [-0.39, 0.29) is 6.79 Å². The van der Waals surface area contributed by atoms with Crippen molar-refractivity contribution in [1.29, 1.82) is 0 Å². The lowest BCUT2D eigenvalue weighted by atomic mass is 9.98. The van der Waals surface area contributed by atoms with Gasteiger partial charge < -0.3 is 9.47 Å². The number of hydrogen-bond acceptors (Lipinski definition) is 2. The van der Waals surface area contributed by atoms with E-state index in [0.29, 0.717) is 5.88 Å². The van der Waals surface area contributed by atoms with Crippen LogP contribution in [-0.4, -0.2) is 44.2 Å². The number of rotatable bonds is 8. The van der Waals surface area contributed by atoms with Gasteiger partial charge in [0.2, 0.25) is 0 Å². The van der Waals surface area contributed by atoms with Crippen LogP contribution in [0.3, 0.4) is 0 Å². The van der Waals surface area contributed by atoms with Crippen molar-refractivity contribution in [3.05, 3.63) is 46.3 Å². The molecule has 0 saturated carbocycles. The molecule has 0 unspecified atom stereocenters. The molecule has 0 amide bonds. The van der Waals surface area contributed by atoms with Crippen LogP contribution in [0.5, 0.6) is 0 Å². The number of allylic oxidation sites excluding steroid dienone is 6. The Labute approximate surface area is 145 Å². The van der Waals surface area contributed by atoms with Gasteiger partial charge in [0.05, 0.1) is 0 Å². The Hall–Kier alpha value is -1.32. The summed E-state index contributed by atoms with van der Waals surface area (Å²) in [4.78, 5) is 0. The smallest absolute Gasteiger partial charge is 0.188 e. The largest absolute Gasteiger partial charge is 0.467 e. The minimum Gasteiger partial charge on any atom is -0.467 e. The van der Waals surface area contributed by atoms with Crippen LogP contribution in [0.25, 0.3) is 0 Å². The number of hydrogen-bond donors (Lipinski definition) is 0. The highest BCUT2D eigenvalue weighted by Gasteiger charge is 2.16. The monoisotopic (exact) mass is 338 g/mol. The summed E-state index contributed by atoms with van der Waals surface area (Å²) in [7, 11) is 3.72. The van der Waals surface area contributed by atoms with Crippen LogP contribution >= 0.6 is 11.6 Å². The lowest BCUT2D eigenvalue weighted by Crippen LogP contribution is -2.18. The lowest BCUT2D eigenvalue weighted by molar-refractivity contribution is -0.492. The quantitative estimate of drug-likeness (QED) is 0.214. The molecule has 1 aliphatic rings. The van der Waals surface area contributed by atoms with Gasteiger partial charge in [-0.2, -0.15) is 0 Å². The first kappa shape index (κ1) is 19.7. The average molecular weight is 339 g/mol. The second-order valence-electron chi connectivity index (χ2n) is 5.74. The predicted octanol–water partition coefficient (Wildman–Crippen LogP) is 4.45. The molecule has 0 radical (unpaired) electrons. The molecule has 1 rings (SSSR count). The van der Waals surface area contributed by atoms with Crippen LogP contribution in [0.1, 0.15) is 33.6 Å². The van der Waals surface area contributed by atoms with Crippen molar-refractivity contribution < 1.29 is 14.0 Å². The van der Waals surface area contributed by atoms with E-state index in [2.05, 4.69) is 50.8 Å². The van der Waals surface area contributed by atoms with Gasteiger partial charge in [-0.25, -0.2) is 4.58 Å². The van der Waals surface area contributed by atoms with Crippen molar-refractivity contribution in [1.82, 2.24) is 0 Å². The highest BCUT2D eigenvalue weighted by atomic mass is 35.5. The SMILES string of the molecule is CC/C=C(C)/C(=C\C=C(/C)C1=C(CCl)CC[N+](C)=C1)OCOC. The zero-order chi connectivity index (χ0) is 17.2. The molecule has 3 nitrogen and oxygen atoms in total. The van der Waals surface area contributed by atoms with Crippen LogP contribution in [-0.2, 0) is 9.47 Å². The number of methoxy groups -OCH3 is 1. The maximum absolute atomic E-state index is 6.10. The van der Waals surface area contributed by atoms with E-state index in [1.54, 1.807) is 7.11 Å². The molecule has 0 fully saturated rings. The number of nitrogens with zero attached hydrogens (tertiary/aromatic N) is 1. The Bertz CT molecular complexity index is 554. The van der Waals surface area contributed by atoms with Gasteiger partial charge in [0.15, 0.2) is 13.0 Å². The summed E-state index contributed by atoms with van der Waals surface area (Å²) in [5.41, 5.74) is 4.83. The first-order valence-corrected chi connectivity index (χ1v) is 8.57. The van der Waals surface area contributed by atoms with Crippen molar-refractivity contribution in [2.24, 2.45) is 0 Å². The Balaban J connectivity index is 3.09. The van der Waals surface area contributed by atoms with Crippen LogP contribution in [0.4, 0.5) is 0 Å². The van der Waals surface area contributed by atoms with Gasteiger partial charge in [-0.15, -0.1) is 11.6 Å². The molecule has 0 aromatic rings. The van der Waals surface area contributed by atoms with Crippen molar-refractivity contribution in [3.8, 4) is 0 Å². The summed E-state index contributed by atoms with van der Waals surface area (Å²) in [6, 6.07) is 0. The van der Waals surface area contributed by atoms with E-state index in [0.717, 1.165) is 30.7 Å². The van der Waals surface area contributed by atoms with Gasteiger partial charge in [0, 0.05) is 25.0 Å². The molecular weight excluding hydrogens is 310 g/mol. The number of halogens is 1. The molecule has 1 aliphatic heterocycles. The summed E-state index contributed by atoms with van der Waals surface area (Å²) in [5.74, 6) is 1.42. The van der Waals surface area contributed by atoms with Gasteiger partial charge in [-0.3, -0.25) is 0 Å². The van der Waals surface area contributed by atoms with Crippen molar-refractivity contribution in [3.63, 3.8) is 0 Å². The fraction of sp³-hybridized carbons (Fsp3) is 0.526. The van der Waals surface area contributed by atoms with E-state index in [9.17, 15) is 0 Å². The lowest BCUT2D eigenvalue weighted by Gasteiger charge is -2.14. The molecule has 1 heterocycles. The fourth-order valence-electron chi connectivity index (χ4n) is 2.45. The molecular formula is C19H29ClNO2+. The molecule has 0 spiro atoms. The minimum atomic E-state index is 0.248. The Morgan fingerprint density at radius 2 is 2.09 bits per heavy atom. The topological polar surface area (TPSA) is 21.5 Å². The van der Waals surface area contributed by atoms with Gasteiger partial charge in [-0.05, 0) is 43.1 Å². The van der Waals surface area contributed by atoms with E-state index in [4.69, 9.17) is 21.1 Å². The van der Waals surface area contributed by atoms with Gasteiger partial charge in [0.1, 0.15) is 19.4 Å². The van der Waals surface area contributed by atoms with Gasteiger partial charge >= 0.3 is 0 Å². The molecule has 0 aromatic carbocycles. The van der Waals surface area contributed by atoms with Crippen LogP contribution in [0, 0.1) is 0 Å². The van der Waals surface area contributed by atoms with Crippen LogP contribution in [0.2, 0.25) is 0 Å². The highest BCUT2D eigenvalue weighted by Crippen LogP contribution is 2.21. The fourth-order valence-corrected chi connectivity index (χ4v) is 2.73. The van der Waals surface area contributed by atoms with E-state index >= 15 is 0 Å². The van der Waals surface area contributed by atoms with E-state index in [1.165, 1.54) is 16.7 Å².